The van der Waals surface area contributed by atoms with Crippen molar-refractivity contribution in [1.82, 2.24) is 4.90 Å². The lowest BCUT2D eigenvalue weighted by Crippen LogP contribution is -2.32. The number of nitrogens with zero attached hydrogens (tertiary/aromatic N) is 1. The quantitative estimate of drug-likeness (QED) is 0.190. The van der Waals surface area contributed by atoms with Gasteiger partial charge in [-0.2, -0.15) is 0 Å². The summed E-state index contributed by atoms with van der Waals surface area (Å²) >= 11 is 6.14. The highest BCUT2D eigenvalue weighted by molar-refractivity contribution is 6.31. The van der Waals surface area contributed by atoms with E-state index in [9.17, 15) is 19.5 Å². The number of amides is 1. The Morgan fingerprint density at radius 1 is 1.17 bits per heavy atom. The normalized spacial score (nSPS) is 15.6. The molecule has 1 atom stereocenters. The van der Waals surface area contributed by atoms with Gasteiger partial charge >= 0.3 is 5.97 Å². The van der Waals surface area contributed by atoms with Crippen molar-refractivity contribution in [1.29, 1.82) is 0 Å². The molecule has 1 amide bonds. The molecule has 3 aromatic rings. The Labute approximate surface area is 211 Å². The van der Waals surface area contributed by atoms with Crippen molar-refractivity contribution in [3.05, 3.63) is 70.1 Å². The van der Waals surface area contributed by atoms with Gasteiger partial charge in [-0.05, 0) is 36.2 Å². The second-order valence-electron chi connectivity index (χ2n) is 8.14. The van der Waals surface area contributed by atoms with Crippen molar-refractivity contribution < 1.29 is 38.1 Å². The maximum Gasteiger partial charge on any atom is 0.308 e. The number of methoxy groups -OCH3 is 2. The molecule has 0 aliphatic carbocycles. The molecule has 0 saturated heterocycles. The van der Waals surface area contributed by atoms with Crippen molar-refractivity contribution in [2.45, 2.75) is 19.4 Å². The molecule has 1 aliphatic heterocycles. The van der Waals surface area contributed by atoms with E-state index < -0.39 is 29.5 Å². The first kappa shape index (κ1) is 25.3. The van der Waals surface area contributed by atoms with Crippen LogP contribution in [0.25, 0.3) is 11.0 Å². The van der Waals surface area contributed by atoms with E-state index in [0.29, 0.717) is 40.3 Å². The van der Waals surface area contributed by atoms with Crippen LogP contribution in [0.4, 0.5) is 0 Å². The van der Waals surface area contributed by atoms with Crippen molar-refractivity contribution in [2.75, 3.05) is 27.4 Å². The number of ether oxygens (including phenoxy) is 3. The second-order valence-corrected chi connectivity index (χ2v) is 8.58. The highest BCUT2D eigenvalue weighted by Crippen LogP contribution is 2.41. The largest absolute Gasteiger partial charge is 0.503 e. The van der Waals surface area contributed by atoms with Gasteiger partial charge in [0.05, 0.1) is 18.7 Å². The molecule has 0 spiro atoms. The molecule has 0 bridgehead atoms. The number of aliphatic hydroxyl groups is 1. The van der Waals surface area contributed by atoms with E-state index in [0.717, 1.165) is 0 Å². The van der Waals surface area contributed by atoms with Gasteiger partial charge in [0.25, 0.3) is 5.91 Å². The highest BCUT2D eigenvalue weighted by atomic mass is 35.5. The fraction of sp³-hybridized carbons (Fsp3) is 0.269. The summed E-state index contributed by atoms with van der Waals surface area (Å²) in [7, 11) is 2.99. The Bertz CT molecular complexity index is 1380. The number of halogens is 1. The van der Waals surface area contributed by atoms with E-state index >= 15 is 0 Å². The molecule has 4 rings (SSSR count). The minimum Gasteiger partial charge on any atom is -0.503 e. The summed E-state index contributed by atoms with van der Waals surface area (Å²) in [5.74, 6) is -2.09. The van der Waals surface area contributed by atoms with E-state index in [1.54, 1.807) is 43.5 Å². The Morgan fingerprint density at radius 3 is 2.64 bits per heavy atom. The van der Waals surface area contributed by atoms with Crippen molar-refractivity contribution in [3.63, 3.8) is 0 Å². The molecule has 1 aliphatic rings. The highest BCUT2D eigenvalue weighted by Gasteiger charge is 2.44. The Hall–Kier alpha value is -3.82. The van der Waals surface area contributed by atoms with Crippen LogP contribution in [0.5, 0.6) is 11.5 Å². The molecule has 0 fully saturated rings. The summed E-state index contributed by atoms with van der Waals surface area (Å²) in [5, 5.41) is 11.8. The number of carbonyl (C=O) groups excluding carboxylic acids is 3. The molecule has 1 unspecified atom stereocenters. The number of carbonyl (C=O) groups is 3. The molecular weight excluding hydrogens is 490 g/mol. The van der Waals surface area contributed by atoms with Gasteiger partial charge in [0, 0.05) is 43.7 Å². The van der Waals surface area contributed by atoms with Crippen LogP contribution in [-0.2, 0) is 14.3 Å². The molecule has 9 nitrogen and oxygen atoms in total. The molecule has 2 aromatic carbocycles. The number of furan rings is 1. The zero-order chi connectivity index (χ0) is 26.0. The average molecular weight is 514 g/mol. The van der Waals surface area contributed by atoms with Crippen LogP contribution in [0.2, 0.25) is 5.02 Å². The molecule has 1 N–H and O–H groups in total. The molecular formula is C26H24ClNO8. The first-order valence-electron chi connectivity index (χ1n) is 11.1. The van der Waals surface area contributed by atoms with E-state index in [1.165, 1.54) is 25.0 Å². The van der Waals surface area contributed by atoms with Crippen molar-refractivity contribution in [2.24, 2.45) is 0 Å². The lowest BCUT2D eigenvalue weighted by molar-refractivity contribution is -0.132. The minimum absolute atomic E-state index is 0.0974. The number of hydrogen-bond donors (Lipinski definition) is 1. The van der Waals surface area contributed by atoms with E-state index in [1.807, 2.05) is 0 Å². The van der Waals surface area contributed by atoms with Crippen molar-refractivity contribution in [3.8, 4) is 11.5 Å². The van der Waals surface area contributed by atoms with Gasteiger partial charge in [-0.1, -0.05) is 23.7 Å². The maximum atomic E-state index is 13.7. The number of hydrogen-bond acceptors (Lipinski definition) is 8. The zero-order valence-corrected chi connectivity index (χ0v) is 20.6. The average Bonchev–Trinajstić information content (AvgIpc) is 3.37. The van der Waals surface area contributed by atoms with E-state index in [-0.39, 0.29) is 23.6 Å². The van der Waals surface area contributed by atoms with Gasteiger partial charge in [0.1, 0.15) is 5.75 Å². The summed E-state index contributed by atoms with van der Waals surface area (Å²) in [5.41, 5.74) is 0.630. The van der Waals surface area contributed by atoms with Gasteiger partial charge in [0.15, 0.2) is 22.9 Å². The molecule has 188 valence electrons. The Kier molecular flexibility index (Phi) is 7.32. The predicted octanol–water partition coefficient (Wildman–Crippen LogP) is 4.63. The van der Waals surface area contributed by atoms with Crippen LogP contribution >= 0.6 is 11.6 Å². The fourth-order valence-electron chi connectivity index (χ4n) is 4.24. The Balaban J connectivity index is 1.80. The van der Waals surface area contributed by atoms with E-state index in [2.05, 4.69) is 0 Å². The number of ketones is 1. The zero-order valence-electron chi connectivity index (χ0n) is 19.9. The van der Waals surface area contributed by atoms with Gasteiger partial charge < -0.3 is 28.6 Å². The van der Waals surface area contributed by atoms with Gasteiger partial charge in [-0.3, -0.25) is 14.4 Å². The molecule has 1 aromatic heterocycles. The number of Topliss-reactive ketones (excluding diaryl/α,β-unsaturated/α-hetero) is 1. The lowest BCUT2D eigenvalue weighted by atomic mass is 9.94. The maximum absolute atomic E-state index is 13.7. The summed E-state index contributed by atoms with van der Waals surface area (Å²) in [4.78, 5) is 39.6. The molecule has 2 heterocycles. The van der Waals surface area contributed by atoms with Gasteiger partial charge in [-0.25, -0.2) is 0 Å². The molecule has 10 heteroatoms. The summed E-state index contributed by atoms with van der Waals surface area (Å²) < 4.78 is 21.4. The standard InChI is InChI=1S/C26H24ClNO8/c1-14(29)35-18-7-4-6-15(11-18)22-21(24(31)26(32)28(22)8-5-9-33-2)23(30)19-12-16-10-17(27)13-20(34-3)25(16)36-19/h4,6-7,10-13,22,31H,5,8-9H2,1-3H3. The van der Waals surface area contributed by atoms with E-state index in [4.69, 9.17) is 30.2 Å². The van der Waals surface area contributed by atoms with Crippen LogP contribution in [0.3, 0.4) is 0 Å². The van der Waals surface area contributed by atoms with Crippen LogP contribution < -0.4 is 9.47 Å². The van der Waals surface area contributed by atoms with Gasteiger partial charge in [0.2, 0.25) is 5.78 Å². The van der Waals surface area contributed by atoms with Crippen LogP contribution in [0, 0.1) is 0 Å². The van der Waals surface area contributed by atoms with Crippen LogP contribution in [0.1, 0.15) is 35.5 Å². The van der Waals surface area contributed by atoms with Crippen LogP contribution in [-0.4, -0.2) is 55.0 Å². The number of esters is 1. The third kappa shape index (κ3) is 4.80. The number of benzene rings is 2. The van der Waals surface area contributed by atoms with Gasteiger partial charge in [-0.15, -0.1) is 0 Å². The number of aliphatic hydroxyl groups excluding tert-OH is 1. The lowest BCUT2D eigenvalue weighted by Gasteiger charge is -2.26. The summed E-state index contributed by atoms with van der Waals surface area (Å²) in [6, 6.07) is 10.2. The molecule has 36 heavy (non-hydrogen) atoms. The van der Waals surface area contributed by atoms with Crippen LogP contribution in [0.15, 0.2) is 58.2 Å². The number of fused-ring (bicyclic) bond motifs is 1. The molecule has 0 saturated carbocycles. The predicted molar refractivity (Wildman–Crippen MR) is 130 cm³/mol. The molecule has 0 radical (unpaired) electrons. The number of rotatable bonds is 9. The smallest absolute Gasteiger partial charge is 0.308 e. The first-order valence-corrected chi connectivity index (χ1v) is 11.5. The third-order valence-electron chi connectivity index (χ3n) is 5.72. The summed E-state index contributed by atoms with van der Waals surface area (Å²) in [6.45, 7) is 1.85. The second kappa shape index (κ2) is 10.4. The summed E-state index contributed by atoms with van der Waals surface area (Å²) in [6.07, 6.45) is 0.470. The third-order valence-corrected chi connectivity index (χ3v) is 5.94. The van der Waals surface area contributed by atoms with Crippen molar-refractivity contribution >= 4 is 40.2 Å². The topological polar surface area (TPSA) is 116 Å². The Morgan fingerprint density at radius 2 is 1.94 bits per heavy atom. The SMILES string of the molecule is COCCCN1C(=O)C(O)=C(C(=O)c2cc3cc(Cl)cc(OC)c3o2)C1c1cccc(OC(C)=O)c1. The fourth-order valence-corrected chi connectivity index (χ4v) is 4.45. The first-order chi connectivity index (χ1) is 17.2. The minimum atomic E-state index is -0.948. The monoisotopic (exact) mass is 513 g/mol.